The number of hydrogen-bond donors (Lipinski definition) is 1. The first-order valence-electron chi connectivity index (χ1n) is 9.43. The van der Waals surface area contributed by atoms with Crippen LogP contribution in [0.5, 0.6) is 0 Å². The molecular weight excluding hydrogens is 406 g/mol. The summed E-state index contributed by atoms with van der Waals surface area (Å²) in [6.07, 6.45) is -4.06. The lowest BCUT2D eigenvalue weighted by atomic mass is 10.2. The predicted octanol–water partition coefficient (Wildman–Crippen LogP) is 3.63. The lowest BCUT2D eigenvalue weighted by Crippen LogP contribution is -2.52. The summed E-state index contributed by atoms with van der Waals surface area (Å²) >= 11 is 1.000. The molecule has 0 bridgehead atoms. The minimum Gasteiger partial charge on any atom is -0.366 e. The number of para-hydroxylation sites is 1. The van der Waals surface area contributed by atoms with Crippen LogP contribution in [-0.2, 0) is 12.6 Å². The molecule has 1 saturated heterocycles. The van der Waals surface area contributed by atoms with Gasteiger partial charge >= 0.3 is 6.18 Å². The van der Waals surface area contributed by atoms with Gasteiger partial charge in [0.1, 0.15) is 5.82 Å². The molecule has 0 atom stereocenters. The molecule has 1 aromatic carbocycles. The van der Waals surface area contributed by atoms with Crippen LogP contribution in [0.4, 0.5) is 23.2 Å². The van der Waals surface area contributed by atoms with Crippen LogP contribution in [-0.4, -0.2) is 55.1 Å². The molecule has 2 aromatic rings. The van der Waals surface area contributed by atoms with Crippen LogP contribution in [0, 0.1) is 5.82 Å². The van der Waals surface area contributed by atoms with Crippen LogP contribution in [0.25, 0.3) is 0 Å². The zero-order valence-electron chi connectivity index (χ0n) is 16.0. The Labute approximate surface area is 171 Å². The van der Waals surface area contributed by atoms with E-state index in [9.17, 15) is 17.6 Å². The number of aliphatic imine (C=N–C) groups is 1. The van der Waals surface area contributed by atoms with E-state index in [0.29, 0.717) is 62.3 Å². The summed E-state index contributed by atoms with van der Waals surface area (Å²) in [5, 5.41) is 4.67. The Bertz CT molecular complexity index is 828. The number of hydrogen-bond acceptors (Lipinski definition) is 4. The molecule has 0 spiro atoms. The smallest absolute Gasteiger partial charge is 0.366 e. The minimum absolute atomic E-state index is 0.233. The highest BCUT2D eigenvalue weighted by Crippen LogP contribution is 2.30. The highest BCUT2D eigenvalue weighted by molar-refractivity contribution is 7.09. The molecule has 3 rings (SSSR count). The van der Waals surface area contributed by atoms with Gasteiger partial charge in [-0.1, -0.05) is 12.1 Å². The van der Waals surface area contributed by atoms with Gasteiger partial charge in [-0.25, -0.2) is 9.37 Å². The van der Waals surface area contributed by atoms with Crippen LogP contribution >= 0.6 is 11.3 Å². The topological polar surface area (TPSA) is 43.8 Å². The van der Waals surface area contributed by atoms with E-state index in [1.54, 1.807) is 12.1 Å². The van der Waals surface area contributed by atoms with Crippen molar-refractivity contribution in [2.24, 2.45) is 4.99 Å². The average Bonchev–Trinajstić information content (AvgIpc) is 3.17. The quantitative estimate of drug-likeness (QED) is 0.448. The molecular formula is C19H23F4N5S. The Kier molecular flexibility index (Phi) is 6.94. The van der Waals surface area contributed by atoms with Crippen molar-refractivity contribution < 1.29 is 17.6 Å². The summed E-state index contributed by atoms with van der Waals surface area (Å²) in [5.74, 6) is 0.483. The number of thiazole rings is 1. The molecule has 1 aromatic heterocycles. The summed E-state index contributed by atoms with van der Waals surface area (Å²) in [7, 11) is 0. The van der Waals surface area contributed by atoms with Gasteiger partial charge in [0.2, 0.25) is 0 Å². The van der Waals surface area contributed by atoms with Crippen molar-refractivity contribution in [2.75, 3.05) is 44.2 Å². The Morgan fingerprint density at radius 2 is 1.93 bits per heavy atom. The molecule has 1 aliphatic rings. The Balaban J connectivity index is 1.57. The van der Waals surface area contributed by atoms with Crippen molar-refractivity contribution in [3.05, 3.63) is 46.2 Å². The zero-order valence-corrected chi connectivity index (χ0v) is 16.9. The van der Waals surface area contributed by atoms with E-state index in [0.717, 1.165) is 16.7 Å². The average molecular weight is 429 g/mol. The summed E-state index contributed by atoms with van der Waals surface area (Å²) in [6.45, 7) is 5.66. The standard InChI is InChI=1S/C19H23F4N5S/c1-2-24-18(25-8-7-17-26-16(13-29-17)19(21,22)23)28-11-9-27(10-12-28)15-6-4-3-5-14(15)20/h3-6,13H,2,7-12H2,1H3,(H,24,25). The number of benzene rings is 1. The van der Waals surface area contributed by atoms with Gasteiger partial charge in [0.05, 0.1) is 10.7 Å². The predicted molar refractivity (Wildman–Crippen MR) is 107 cm³/mol. The molecule has 158 valence electrons. The number of guanidine groups is 1. The van der Waals surface area contributed by atoms with E-state index in [-0.39, 0.29) is 5.82 Å². The number of nitrogens with zero attached hydrogens (tertiary/aromatic N) is 4. The summed E-state index contributed by atoms with van der Waals surface area (Å²) in [5.41, 5.74) is -0.254. The first-order valence-corrected chi connectivity index (χ1v) is 10.3. The van der Waals surface area contributed by atoms with Gasteiger partial charge in [-0.2, -0.15) is 13.2 Å². The number of rotatable bonds is 5. The fourth-order valence-electron chi connectivity index (χ4n) is 3.11. The van der Waals surface area contributed by atoms with E-state index in [1.807, 2.05) is 17.9 Å². The third-order valence-electron chi connectivity index (χ3n) is 4.54. The SMILES string of the molecule is CCNC(=NCCc1nc(C(F)(F)F)cs1)N1CCN(c2ccccc2F)CC1. The molecule has 0 aliphatic carbocycles. The third kappa shape index (κ3) is 5.59. The zero-order chi connectivity index (χ0) is 20.9. The van der Waals surface area contributed by atoms with Crippen LogP contribution < -0.4 is 10.2 Å². The number of alkyl halides is 3. The molecule has 10 heteroatoms. The van der Waals surface area contributed by atoms with E-state index in [2.05, 4.69) is 20.2 Å². The second-order valence-electron chi connectivity index (χ2n) is 6.54. The molecule has 1 N–H and O–H groups in total. The first kappa shape index (κ1) is 21.4. The highest BCUT2D eigenvalue weighted by atomic mass is 32.1. The molecule has 0 saturated carbocycles. The van der Waals surface area contributed by atoms with Gasteiger partial charge in [0.15, 0.2) is 11.7 Å². The van der Waals surface area contributed by atoms with Gasteiger partial charge < -0.3 is 15.1 Å². The van der Waals surface area contributed by atoms with Gasteiger partial charge in [0.25, 0.3) is 0 Å². The molecule has 5 nitrogen and oxygen atoms in total. The van der Waals surface area contributed by atoms with Crippen molar-refractivity contribution in [3.8, 4) is 0 Å². The number of halogens is 4. The molecule has 0 amide bonds. The van der Waals surface area contributed by atoms with Crippen LogP contribution in [0.15, 0.2) is 34.6 Å². The van der Waals surface area contributed by atoms with E-state index in [1.165, 1.54) is 6.07 Å². The Hall–Kier alpha value is -2.36. The fourth-order valence-corrected chi connectivity index (χ4v) is 3.90. The maximum Gasteiger partial charge on any atom is 0.434 e. The van der Waals surface area contributed by atoms with Crippen molar-refractivity contribution in [1.29, 1.82) is 0 Å². The van der Waals surface area contributed by atoms with Crippen molar-refractivity contribution in [2.45, 2.75) is 19.5 Å². The van der Waals surface area contributed by atoms with E-state index < -0.39 is 11.9 Å². The largest absolute Gasteiger partial charge is 0.434 e. The van der Waals surface area contributed by atoms with E-state index >= 15 is 0 Å². The number of piperazine rings is 1. The third-order valence-corrected chi connectivity index (χ3v) is 5.45. The molecule has 29 heavy (non-hydrogen) atoms. The second-order valence-corrected chi connectivity index (χ2v) is 7.48. The number of aromatic nitrogens is 1. The normalized spacial score (nSPS) is 15.7. The Morgan fingerprint density at radius 3 is 2.55 bits per heavy atom. The summed E-state index contributed by atoms with van der Waals surface area (Å²) in [6, 6.07) is 6.72. The molecule has 0 radical (unpaired) electrons. The fraction of sp³-hybridized carbons (Fsp3) is 0.474. The lowest BCUT2D eigenvalue weighted by molar-refractivity contribution is -0.140. The van der Waals surface area contributed by atoms with Crippen LogP contribution in [0.1, 0.15) is 17.6 Å². The van der Waals surface area contributed by atoms with Crippen LogP contribution in [0.3, 0.4) is 0 Å². The van der Waals surface area contributed by atoms with E-state index in [4.69, 9.17) is 0 Å². The van der Waals surface area contributed by atoms with Crippen molar-refractivity contribution in [3.63, 3.8) is 0 Å². The second kappa shape index (κ2) is 9.43. The maximum absolute atomic E-state index is 14.0. The van der Waals surface area contributed by atoms with Gasteiger partial charge in [-0.05, 0) is 19.1 Å². The number of anilines is 1. The minimum atomic E-state index is -4.41. The number of nitrogens with one attached hydrogen (secondary N) is 1. The van der Waals surface area contributed by atoms with Crippen LogP contribution in [0.2, 0.25) is 0 Å². The first-order chi connectivity index (χ1) is 13.9. The summed E-state index contributed by atoms with van der Waals surface area (Å²) in [4.78, 5) is 12.3. The van der Waals surface area contributed by atoms with Gasteiger partial charge in [0, 0.05) is 51.1 Å². The molecule has 1 aliphatic heterocycles. The molecule has 0 unspecified atom stereocenters. The molecule has 1 fully saturated rings. The van der Waals surface area contributed by atoms with Crippen molar-refractivity contribution >= 4 is 23.0 Å². The highest BCUT2D eigenvalue weighted by Gasteiger charge is 2.33. The van der Waals surface area contributed by atoms with Gasteiger partial charge in [-0.3, -0.25) is 4.99 Å². The lowest BCUT2D eigenvalue weighted by Gasteiger charge is -2.37. The van der Waals surface area contributed by atoms with Gasteiger partial charge in [-0.15, -0.1) is 11.3 Å². The maximum atomic E-state index is 14.0. The Morgan fingerprint density at radius 1 is 1.21 bits per heavy atom. The van der Waals surface area contributed by atoms with Crippen molar-refractivity contribution in [1.82, 2.24) is 15.2 Å². The monoisotopic (exact) mass is 429 g/mol. The molecule has 2 heterocycles. The summed E-state index contributed by atoms with van der Waals surface area (Å²) < 4.78 is 51.9.